The zero-order valence-corrected chi connectivity index (χ0v) is 19.2. The molecular weight excluding hydrogens is 435 g/mol. The minimum Gasteiger partial charge on any atom is -0.497 e. The van der Waals surface area contributed by atoms with Gasteiger partial charge in [0.05, 0.1) is 13.4 Å². The van der Waals surface area contributed by atoms with Gasteiger partial charge >= 0.3 is 0 Å². The van der Waals surface area contributed by atoms with Crippen molar-refractivity contribution in [1.82, 2.24) is 10.2 Å². The Morgan fingerprint density at radius 3 is 2.38 bits per heavy atom. The number of furan rings is 1. The Hall–Kier alpha value is -3.61. The van der Waals surface area contributed by atoms with Crippen LogP contribution in [0.25, 0.3) is 0 Å². The van der Waals surface area contributed by atoms with Gasteiger partial charge in [-0.25, -0.2) is 4.39 Å². The number of methoxy groups -OCH3 is 1. The number of hydrogen-bond acceptors (Lipinski definition) is 4. The number of carbonyl (C=O) groups is 2. The van der Waals surface area contributed by atoms with Gasteiger partial charge in [0.15, 0.2) is 5.76 Å². The minimum absolute atomic E-state index is 0.0609. The quantitative estimate of drug-likeness (QED) is 0.494. The fraction of sp³-hybridized carbons (Fsp3) is 0.333. The Morgan fingerprint density at radius 2 is 1.76 bits per heavy atom. The van der Waals surface area contributed by atoms with E-state index in [9.17, 15) is 14.0 Å². The number of halogens is 1. The van der Waals surface area contributed by atoms with Gasteiger partial charge in [-0.05, 0) is 60.4 Å². The number of carbonyl (C=O) groups excluding carboxylic acids is 2. The summed E-state index contributed by atoms with van der Waals surface area (Å²) in [7, 11) is 1.59. The van der Waals surface area contributed by atoms with Gasteiger partial charge in [0.1, 0.15) is 17.6 Å². The molecule has 34 heavy (non-hydrogen) atoms. The number of hydrogen-bond donors (Lipinski definition) is 1. The Kier molecular flexibility index (Phi) is 7.62. The molecule has 2 amide bonds. The number of rotatable bonds is 8. The van der Waals surface area contributed by atoms with Crippen molar-refractivity contribution in [3.05, 3.63) is 89.6 Å². The van der Waals surface area contributed by atoms with Crippen LogP contribution >= 0.6 is 0 Å². The first kappa shape index (κ1) is 23.5. The second kappa shape index (κ2) is 11.0. The summed E-state index contributed by atoms with van der Waals surface area (Å²) in [5, 5.41) is 3.14. The molecule has 1 saturated carbocycles. The lowest BCUT2D eigenvalue weighted by molar-refractivity contribution is -0.127. The zero-order valence-electron chi connectivity index (χ0n) is 19.2. The minimum atomic E-state index is -0.956. The lowest BCUT2D eigenvalue weighted by atomic mass is 9.94. The molecular formula is C27H29FN2O4. The zero-order chi connectivity index (χ0) is 23.9. The Bertz CT molecular complexity index is 1070. The van der Waals surface area contributed by atoms with Gasteiger partial charge in [0.2, 0.25) is 5.91 Å². The van der Waals surface area contributed by atoms with Crippen LogP contribution in [0.3, 0.4) is 0 Å². The topological polar surface area (TPSA) is 71.8 Å². The summed E-state index contributed by atoms with van der Waals surface area (Å²) in [5.41, 5.74) is 1.35. The highest BCUT2D eigenvalue weighted by atomic mass is 19.1. The third-order valence-electron chi connectivity index (χ3n) is 6.20. The fourth-order valence-electron chi connectivity index (χ4n) is 4.39. The summed E-state index contributed by atoms with van der Waals surface area (Å²) in [4.78, 5) is 28.7. The molecule has 1 atom stereocenters. The van der Waals surface area contributed by atoms with E-state index >= 15 is 0 Å². The highest BCUT2D eigenvalue weighted by Crippen LogP contribution is 2.28. The Balaban J connectivity index is 1.71. The molecule has 0 spiro atoms. The van der Waals surface area contributed by atoms with E-state index in [2.05, 4.69) is 5.32 Å². The first-order valence-corrected chi connectivity index (χ1v) is 11.6. The largest absolute Gasteiger partial charge is 0.497 e. The summed E-state index contributed by atoms with van der Waals surface area (Å²) >= 11 is 0. The van der Waals surface area contributed by atoms with Crippen LogP contribution in [-0.4, -0.2) is 29.9 Å². The summed E-state index contributed by atoms with van der Waals surface area (Å²) in [6.45, 7) is 0.156. The highest BCUT2D eigenvalue weighted by molar-refractivity contribution is 5.96. The molecule has 0 bridgehead atoms. The molecule has 7 heteroatoms. The van der Waals surface area contributed by atoms with Crippen molar-refractivity contribution < 1.29 is 23.1 Å². The maximum Gasteiger partial charge on any atom is 0.290 e. The Morgan fingerprint density at radius 1 is 1.06 bits per heavy atom. The molecule has 178 valence electrons. The van der Waals surface area contributed by atoms with E-state index in [1.807, 2.05) is 12.1 Å². The smallest absolute Gasteiger partial charge is 0.290 e. The van der Waals surface area contributed by atoms with Gasteiger partial charge in [0.25, 0.3) is 5.91 Å². The number of amides is 2. The lowest BCUT2D eigenvalue weighted by Crippen LogP contribution is -2.46. The molecule has 0 saturated heterocycles. The van der Waals surface area contributed by atoms with Gasteiger partial charge in [-0.15, -0.1) is 0 Å². The van der Waals surface area contributed by atoms with E-state index in [4.69, 9.17) is 9.15 Å². The maximum absolute atomic E-state index is 13.7. The summed E-state index contributed by atoms with van der Waals surface area (Å²) < 4.78 is 24.3. The summed E-state index contributed by atoms with van der Waals surface area (Å²) in [6.07, 6.45) is 6.53. The van der Waals surface area contributed by atoms with Crippen LogP contribution in [0.4, 0.5) is 4.39 Å². The van der Waals surface area contributed by atoms with Gasteiger partial charge in [-0.1, -0.05) is 43.5 Å². The molecule has 4 rings (SSSR count). The van der Waals surface area contributed by atoms with Gasteiger partial charge in [-0.2, -0.15) is 0 Å². The molecule has 6 nitrogen and oxygen atoms in total. The molecule has 0 radical (unpaired) electrons. The van der Waals surface area contributed by atoms with Crippen molar-refractivity contribution in [3.63, 3.8) is 0 Å². The normalized spacial score (nSPS) is 14.9. The molecule has 1 N–H and O–H groups in total. The second-order valence-electron chi connectivity index (χ2n) is 8.56. The molecule has 2 aromatic carbocycles. The van der Waals surface area contributed by atoms with Gasteiger partial charge in [-0.3, -0.25) is 9.59 Å². The molecule has 1 fully saturated rings. The van der Waals surface area contributed by atoms with E-state index in [1.165, 1.54) is 23.3 Å². The van der Waals surface area contributed by atoms with Crippen LogP contribution in [-0.2, 0) is 11.3 Å². The van der Waals surface area contributed by atoms with Crippen LogP contribution in [0.5, 0.6) is 5.75 Å². The van der Waals surface area contributed by atoms with E-state index in [-0.39, 0.29) is 24.3 Å². The van der Waals surface area contributed by atoms with Crippen LogP contribution < -0.4 is 10.1 Å². The summed E-state index contributed by atoms with van der Waals surface area (Å²) in [5.74, 6) is -0.293. The number of nitrogens with zero attached hydrogens (tertiary/aromatic N) is 1. The first-order chi connectivity index (χ1) is 16.5. The molecule has 1 heterocycles. The van der Waals surface area contributed by atoms with Gasteiger partial charge < -0.3 is 19.4 Å². The third-order valence-corrected chi connectivity index (χ3v) is 6.20. The first-order valence-electron chi connectivity index (χ1n) is 11.6. The highest BCUT2D eigenvalue weighted by Gasteiger charge is 2.34. The monoisotopic (exact) mass is 464 g/mol. The average molecular weight is 465 g/mol. The van der Waals surface area contributed by atoms with Crippen molar-refractivity contribution in [2.75, 3.05) is 7.11 Å². The molecule has 1 aliphatic rings. The predicted octanol–water partition coefficient (Wildman–Crippen LogP) is 5.26. The maximum atomic E-state index is 13.7. The van der Waals surface area contributed by atoms with Crippen LogP contribution in [0.2, 0.25) is 0 Å². The second-order valence-corrected chi connectivity index (χ2v) is 8.56. The molecule has 0 aliphatic heterocycles. The number of nitrogens with one attached hydrogen (secondary N) is 1. The van der Waals surface area contributed by atoms with E-state index in [0.29, 0.717) is 11.3 Å². The van der Waals surface area contributed by atoms with Crippen LogP contribution in [0.15, 0.2) is 71.3 Å². The van der Waals surface area contributed by atoms with Gasteiger partial charge in [0, 0.05) is 12.6 Å². The average Bonchev–Trinajstić information content (AvgIpc) is 3.40. The van der Waals surface area contributed by atoms with Crippen molar-refractivity contribution >= 4 is 11.8 Å². The van der Waals surface area contributed by atoms with Crippen LogP contribution in [0, 0.1) is 5.82 Å². The van der Waals surface area contributed by atoms with E-state index < -0.39 is 17.8 Å². The van der Waals surface area contributed by atoms with Crippen molar-refractivity contribution in [2.24, 2.45) is 0 Å². The molecule has 1 aromatic heterocycles. The van der Waals surface area contributed by atoms with Crippen molar-refractivity contribution in [3.8, 4) is 5.75 Å². The molecule has 1 aliphatic carbocycles. The number of benzene rings is 2. The van der Waals surface area contributed by atoms with Crippen molar-refractivity contribution in [1.29, 1.82) is 0 Å². The van der Waals surface area contributed by atoms with Crippen LogP contribution in [0.1, 0.15) is 59.8 Å². The lowest BCUT2D eigenvalue weighted by Gasteiger charge is -2.33. The third kappa shape index (κ3) is 5.65. The Labute approximate surface area is 198 Å². The van der Waals surface area contributed by atoms with E-state index in [0.717, 1.165) is 37.7 Å². The fourth-order valence-corrected chi connectivity index (χ4v) is 4.39. The molecule has 3 aromatic rings. The standard InChI is InChI=1S/C27H29FN2O4/c1-33-23-15-9-19(10-16-23)18-30(27(32)24-8-5-17-34-24)25(20-11-13-21(28)14-12-20)26(31)29-22-6-3-2-4-7-22/h5,8-17,22,25H,2-4,6-7,18H2,1H3,(H,29,31)/t25-/m0/s1. The molecule has 0 unspecified atom stereocenters. The SMILES string of the molecule is COc1ccc(CN(C(=O)c2ccco2)[C@H](C(=O)NC2CCCCC2)c2ccc(F)cc2)cc1. The predicted molar refractivity (Wildman–Crippen MR) is 126 cm³/mol. The van der Waals surface area contributed by atoms with E-state index in [1.54, 1.807) is 43.5 Å². The summed E-state index contributed by atoms with van der Waals surface area (Å²) in [6, 6.07) is 15.3. The van der Waals surface area contributed by atoms with Crippen molar-refractivity contribution in [2.45, 2.75) is 50.7 Å². The number of ether oxygens (including phenoxy) is 1.